The molecule has 6 rings (SSSR count). The molecule has 35 heavy (non-hydrogen) atoms. The summed E-state index contributed by atoms with van der Waals surface area (Å²) in [6.45, 7) is 6.00. The number of Topliss-reactive ketones (excluding diaryl/α,β-unsaturated/α-hetero) is 1. The summed E-state index contributed by atoms with van der Waals surface area (Å²) in [6, 6.07) is 12.5. The number of ketones is 1. The number of benzene rings is 2. The number of nitrogens with zero attached hydrogens (tertiary/aromatic N) is 2. The number of hydrogen-bond acceptors (Lipinski definition) is 7. The summed E-state index contributed by atoms with van der Waals surface area (Å²) in [5.74, 6) is -0.793. The first kappa shape index (κ1) is 22.0. The number of hydrogen-bond donors (Lipinski definition) is 1. The average molecular weight is 503 g/mol. The van der Waals surface area contributed by atoms with Gasteiger partial charge < -0.3 is 9.84 Å². The second-order valence-electron chi connectivity index (χ2n) is 9.06. The molecule has 4 heterocycles. The number of aryl methyl sites for hydroxylation is 2. The molecule has 1 fully saturated rings. The SMILES string of the molecule is Cc1cc(C)c2nc(N3C(=O)C(=O)/C(=C(/O)c4ccc5c(c4)CC(C)O5)C3c3cccs3)sc2c1. The largest absolute Gasteiger partial charge is 0.507 e. The fourth-order valence-electron chi connectivity index (χ4n) is 4.93. The molecular weight excluding hydrogens is 480 g/mol. The monoisotopic (exact) mass is 502 g/mol. The molecule has 2 aromatic heterocycles. The predicted molar refractivity (Wildman–Crippen MR) is 138 cm³/mol. The second kappa shape index (κ2) is 8.03. The van der Waals surface area contributed by atoms with Crippen molar-refractivity contribution in [3.8, 4) is 5.75 Å². The Morgan fingerprint density at radius 2 is 2.00 bits per heavy atom. The van der Waals surface area contributed by atoms with E-state index in [1.807, 2.05) is 56.5 Å². The van der Waals surface area contributed by atoms with Crippen molar-refractivity contribution < 1.29 is 19.4 Å². The van der Waals surface area contributed by atoms with Gasteiger partial charge in [0.05, 0.1) is 15.8 Å². The summed E-state index contributed by atoms with van der Waals surface area (Å²) in [5, 5.41) is 13.7. The lowest BCUT2D eigenvalue weighted by molar-refractivity contribution is -0.132. The number of carbonyl (C=O) groups is 2. The van der Waals surface area contributed by atoms with E-state index in [0.29, 0.717) is 10.7 Å². The number of aliphatic hydroxyl groups excluding tert-OH is 1. The minimum Gasteiger partial charge on any atom is -0.507 e. The molecular formula is C27H22N2O4S2. The van der Waals surface area contributed by atoms with E-state index in [-0.39, 0.29) is 17.4 Å². The first-order valence-electron chi connectivity index (χ1n) is 11.3. The number of aliphatic hydroxyl groups is 1. The maximum atomic E-state index is 13.4. The van der Waals surface area contributed by atoms with Crippen LogP contribution in [0.25, 0.3) is 16.0 Å². The zero-order valence-corrected chi connectivity index (χ0v) is 21.0. The van der Waals surface area contributed by atoms with Gasteiger partial charge in [0.25, 0.3) is 5.78 Å². The molecule has 2 aromatic carbocycles. The highest BCUT2D eigenvalue weighted by atomic mass is 32.1. The number of rotatable bonds is 3. The summed E-state index contributed by atoms with van der Waals surface area (Å²) in [7, 11) is 0. The molecule has 1 N–H and O–H groups in total. The maximum absolute atomic E-state index is 13.4. The van der Waals surface area contributed by atoms with Crippen molar-refractivity contribution in [2.24, 2.45) is 0 Å². The van der Waals surface area contributed by atoms with E-state index < -0.39 is 17.7 Å². The lowest BCUT2D eigenvalue weighted by atomic mass is 9.98. The molecule has 8 heteroatoms. The minimum absolute atomic E-state index is 0.0604. The Labute approximate surface area is 210 Å². The molecule has 176 valence electrons. The van der Waals surface area contributed by atoms with Crippen LogP contribution in [0, 0.1) is 13.8 Å². The number of fused-ring (bicyclic) bond motifs is 2. The highest BCUT2D eigenvalue weighted by molar-refractivity contribution is 7.22. The highest BCUT2D eigenvalue weighted by Gasteiger charge is 2.48. The zero-order valence-electron chi connectivity index (χ0n) is 19.4. The Balaban J connectivity index is 1.52. The quantitative estimate of drug-likeness (QED) is 0.214. The number of thiophene rings is 1. The lowest BCUT2D eigenvalue weighted by Crippen LogP contribution is -2.28. The molecule has 6 nitrogen and oxygen atoms in total. The normalized spacial score (nSPS) is 21.1. The van der Waals surface area contributed by atoms with Crippen LogP contribution >= 0.6 is 22.7 Å². The van der Waals surface area contributed by atoms with Gasteiger partial charge in [-0.15, -0.1) is 11.3 Å². The summed E-state index contributed by atoms with van der Waals surface area (Å²) in [4.78, 5) is 33.8. The van der Waals surface area contributed by atoms with Crippen LogP contribution < -0.4 is 9.64 Å². The first-order valence-corrected chi connectivity index (χ1v) is 13.0. The van der Waals surface area contributed by atoms with Gasteiger partial charge in [-0.2, -0.15) is 0 Å². The topological polar surface area (TPSA) is 79.7 Å². The van der Waals surface area contributed by atoms with Gasteiger partial charge in [0.15, 0.2) is 5.13 Å². The van der Waals surface area contributed by atoms with E-state index >= 15 is 0 Å². The van der Waals surface area contributed by atoms with Crippen molar-refractivity contribution in [1.29, 1.82) is 0 Å². The number of aromatic nitrogens is 1. The molecule has 2 aliphatic heterocycles. The van der Waals surface area contributed by atoms with Crippen LogP contribution in [0.2, 0.25) is 0 Å². The maximum Gasteiger partial charge on any atom is 0.301 e. The van der Waals surface area contributed by atoms with E-state index in [1.54, 1.807) is 6.07 Å². The van der Waals surface area contributed by atoms with Crippen molar-refractivity contribution in [1.82, 2.24) is 4.98 Å². The Morgan fingerprint density at radius 3 is 2.77 bits per heavy atom. The third kappa shape index (κ3) is 3.47. The number of thiazole rings is 1. The minimum atomic E-state index is -0.750. The molecule has 0 bridgehead atoms. The zero-order chi connectivity index (χ0) is 24.4. The standard InChI is InChI=1S/C27H22N2O4S2/c1-13-9-14(2)22-20(10-13)35-27(28-22)29-23(19-5-4-8-34-19)21(25(31)26(29)32)24(30)16-6-7-18-17(12-16)11-15(3)33-18/h4-10,12,15,23,30H,11H2,1-3H3/b24-21+. The van der Waals surface area contributed by atoms with Crippen molar-refractivity contribution >= 4 is 55.5 Å². The Hall–Kier alpha value is -3.49. The van der Waals surface area contributed by atoms with E-state index in [1.165, 1.54) is 27.6 Å². The van der Waals surface area contributed by atoms with Crippen LogP contribution in [-0.2, 0) is 16.0 Å². The molecule has 2 aliphatic rings. The lowest BCUT2D eigenvalue weighted by Gasteiger charge is -2.21. The fourth-order valence-corrected chi connectivity index (χ4v) is 6.92. The van der Waals surface area contributed by atoms with E-state index in [0.717, 1.165) is 44.0 Å². The third-order valence-corrected chi connectivity index (χ3v) is 8.38. The van der Waals surface area contributed by atoms with Crippen molar-refractivity contribution in [2.75, 3.05) is 4.90 Å². The smallest absolute Gasteiger partial charge is 0.301 e. The van der Waals surface area contributed by atoms with Crippen LogP contribution in [0.1, 0.15) is 40.1 Å². The first-order chi connectivity index (χ1) is 16.8. The summed E-state index contributed by atoms with van der Waals surface area (Å²) in [6.07, 6.45) is 0.786. The van der Waals surface area contributed by atoms with Crippen LogP contribution in [0.15, 0.2) is 53.4 Å². The van der Waals surface area contributed by atoms with Crippen LogP contribution in [-0.4, -0.2) is 27.9 Å². The van der Waals surface area contributed by atoms with Crippen molar-refractivity contribution in [3.05, 3.63) is 80.5 Å². The van der Waals surface area contributed by atoms with Crippen LogP contribution in [0.3, 0.4) is 0 Å². The molecule has 2 atom stereocenters. The van der Waals surface area contributed by atoms with Gasteiger partial charge in [-0.05, 0) is 73.2 Å². The summed E-state index contributed by atoms with van der Waals surface area (Å²) in [5.41, 5.74) is 4.49. The summed E-state index contributed by atoms with van der Waals surface area (Å²) >= 11 is 2.82. The van der Waals surface area contributed by atoms with Gasteiger partial charge in [0.1, 0.15) is 23.7 Å². The molecule has 0 radical (unpaired) electrons. The van der Waals surface area contributed by atoms with Gasteiger partial charge in [0, 0.05) is 16.9 Å². The molecule has 0 aliphatic carbocycles. The van der Waals surface area contributed by atoms with E-state index in [9.17, 15) is 14.7 Å². The van der Waals surface area contributed by atoms with Gasteiger partial charge >= 0.3 is 5.91 Å². The molecule has 0 spiro atoms. The number of anilines is 1. The number of carbonyl (C=O) groups excluding carboxylic acids is 2. The Bertz CT molecular complexity index is 1550. The van der Waals surface area contributed by atoms with E-state index in [2.05, 4.69) is 6.07 Å². The number of amides is 1. The molecule has 0 saturated carbocycles. The fraction of sp³-hybridized carbons (Fsp3) is 0.222. The van der Waals surface area contributed by atoms with Gasteiger partial charge in [-0.1, -0.05) is 23.5 Å². The van der Waals surface area contributed by atoms with Gasteiger partial charge in [-0.25, -0.2) is 4.98 Å². The van der Waals surface area contributed by atoms with Crippen LogP contribution in [0.5, 0.6) is 5.75 Å². The highest BCUT2D eigenvalue weighted by Crippen LogP contribution is 2.46. The molecule has 4 aromatic rings. The predicted octanol–water partition coefficient (Wildman–Crippen LogP) is 5.92. The number of ether oxygens (including phenoxy) is 1. The molecule has 1 saturated heterocycles. The molecule has 1 amide bonds. The van der Waals surface area contributed by atoms with Gasteiger partial charge in [0.2, 0.25) is 0 Å². The Kier molecular flexibility index (Phi) is 5.05. The van der Waals surface area contributed by atoms with Gasteiger partial charge in [-0.3, -0.25) is 14.5 Å². The average Bonchev–Trinajstić information content (AvgIpc) is 3.59. The van der Waals surface area contributed by atoms with Crippen LogP contribution in [0.4, 0.5) is 5.13 Å². The third-order valence-electron chi connectivity index (χ3n) is 6.45. The van der Waals surface area contributed by atoms with Crippen molar-refractivity contribution in [2.45, 2.75) is 39.3 Å². The van der Waals surface area contributed by atoms with E-state index in [4.69, 9.17) is 9.72 Å². The molecule has 2 unspecified atom stereocenters. The van der Waals surface area contributed by atoms with Crippen molar-refractivity contribution in [3.63, 3.8) is 0 Å². The second-order valence-corrected chi connectivity index (χ2v) is 11.1. The summed E-state index contributed by atoms with van der Waals surface area (Å²) < 4.78 is 6.73. The Morgan fingerprint density at radius 1 is 1.17 bits per heavy atom.